The first-order valence-corrected chi connectivity index (χ1v) is 9.86. The van der Waals surface area contributed by atoms with Gasteiger partial charge in [-0.25, -0.2) is 14.6 Å². The van der Waals surface area contributed by atoms with E-state index >= 15 is 0 Å². The number of aromatic nitrogens is 1. The van der Waals surface area contributed by atoms with Crippen molar-refractivity contribution in [2.75, 3.05) is 24.4 Å². The first-order valence-electron chi connectivity index (χ1n) is 9.86. The largest absolute Gasteiger partial charge is 0.465 e. The maximum atomic E-state index is 13.2. The number of hydrogen-bond donors (Lipinski definition) is 1. The average Bonchev–Trinajstić information content (AvgIpc) is 3.10. The molecule has 0 bridgehead atoms. The molecule has 1 atom stereocenters. The Morgan fingerprint density at radius 1 is 0.969 bits per heavy atom. The molecule has 1 amide bonds. The lowest BCUT2D eigenvalue weighted by molar-refractivity contribution is 0.0599. The molecular formula is C24H21N3O5. The highest BCUT2D eigenvalue weighted by Gasteiger charge is 2.38. The zero-order valence-electron chi connectivity index (χ0n) is 17.8. The molecule has 8 heteroatoms. The van der Waals surface area contributed by atoms with Crippen LogP contribution in [0.1, 0.15) is 48.4 Å². The number of nitrogens with zero attached hydrogens (tertiary/aromatic N) is 2. The number of carbonyl (C=O) groups is 3. The molecule has 2 aromatic carbocycles. The van der Waals surface area contributed by atoms with Gasteiger partial charge in [-0.3, -0.25) is 9.69 Å². The average molecular weight is 431 g/mol. The van der Waals surface area contributed by atoms with E-state index in [4.69, 9.17) is 9.47 Å². The van der Waals surface area contributed by atoms with Crippen LogP contribution in [0.2, 0.25) is 0 Å². The van der Waals surface area contributed by atoms with Gasteiger partial charge in [0, 0.05) is 23.0 Å². The number of nitrogens with one attached hydrogen (secondary N) is 1. The second kappa shape index (κ2) is 8.50. The number of esters is 2. The predicted molar refractivity (Wildman–Crippen MR) is 118 cm³/mol. The third-order valence-electron chi connectivity index (χ3n) is 5.18. The van der Waals surface area contributed by atoms with Gasteiger partial charge in [0.1, 0.15) is 12.0 Å². The number of fused-ring (bicyclic) bond motifs is 1. The minimum absolute atomic E-state index is 0.176. The van der Waals surface area contributed by atoms with Gasteiger partial charge in [0.25, 0.3) is 5.91 Å². The lowest BCUT2D eigenvalue weighted by atomic mass is 10.1. The molecule has 0 fully saturated rings. The minimum Gasteiger partial charge on any atom is -0.465 e. The quantitative estimate of drug-likeness (QED) is 0.615. The summed E-state index contributed by atoms with van der Waals surface area (Å²) in [5.74, 6) is -0.920. The van der Waals surface area contributed by atoms with Crippen LogP contribution in [0.3, 0.4) is 0 Å². The van der Waals surface area contributed by atoms with E-state index in [1.54, 1.807) is 41.4 Å². The molecule has 0 radical (unpaired) electrons. The zero-order valence-corrected chi connectivity index (χ0v) is 17.8. The minimum atomic E-state index is -0.604. The molecule has 8 nitrogen and oxygen atoms in total. The molecule has 1 aliphatic heterocycles. The molecule has 0 saturated heterocycles. The zero-order chi connectivity index (χ0) is 22.8. The molecule has 0 saturated carbocycles. The van der Waals surface area contributed by atoms with Crippen molar-refractivity contribution in [1.29, 1.82) is 0 Å². The van der Waals surface area contributed by atoms with Crippen LogP contribution in [-0.4, -0.2) is 37.0 Å². The van der Waals surface area contributed by atoms with Crippen LogP contribution in [0.15, 0.2) is 60.8 Å². The van der Waals surface area contributed by atoms with Crippen molar-refractivity contribution in [2.45, 2.75) is 13.1 Å². The first-order chi connectivity index (χ1) is 15.4. The fourth-order valence-electron chi connectivity index (χ4n) is 3.64. The molecule has 0 aliphatic carbocycles. The Morgan fingerprint density at radius 3 is 2.22 bits per heavy atom. The van der Waals surface area contributed by atoms with Gasteiger partial charge in [-0.1, -0.05) is 24.3 Å². The lowest BCUT2D eigenvalue weighted by Gasteiger charge is -2.26. The van der Waals surface area contributed by atoms with Crippen LogP contribution in [0.25, 0.3) is 0 Å². The van der Waals surface area contributed by atoms with E-state index in [1.165, 1.54) is 20.3 Å². The Kier molecular flexibility index (Phi) is 5.59. The second-order valence-corrected chi connectivity index (χ2v) is 7.29. The van der Waals surface area contributed by atoms with Gasteiger partial charge >= 0.3 is 11.9 Å². The Hall–Kier alpha value is -4.20. The number of pyridine rings is 1. The van der Waals surface area contributed by atoms with Crippen LogP contribution in [0.4, 0.5) is 11.5 Å². The molecule has 3 aromatic rings. The van der Waals surface area contributed by atoms with E-state index < -0.39 is 18.1 Å². The molecule has 4 rings (SSSR count). The molecule has 1 unspecified atom stereocenters. The first kappa shape index (κ1) is 21.0. The van der Waals surface area contributed by atoms with Gasteiger partial charge in [0.2, 0.25) is 0 Å². The van der Waals surface area contributed by atoms with Crippen LogP contribution in [0.5, 0.6) is 0 Å². The predicted octanol–water partition coefficient (Wildman–Crippen LogP) is 3.73. The SMILES string of the molecule is COC(=O)c1cc(NC2c3ccccc3C(=O)N2c2ccc(C)cn2)cc(C(=O)OC)c1. The summed E-state index contributed by atoms with van der Waals surface area (Å²) in [5, 5.41) is 3.28. The smallest absolute Gasteiger partial charge is 0.337 e. The highest BCUT2D eigenvalue weighted by molar-refractivity contribution is 6.11. The van der Waals surface area contributed by atoms with Gasteiger partial charge in [-0.2, -0.15) is 0 Å². The highest BCUT2D eigenvalue weighted by atomic mass is 16.5. The Balaban J connectivity index is 1.80. The summed E-state index contributed by atoms with van der Waals surface area (Å²) in [6.07, 6.45) is 1.09. The van der Waals surface area contributed by atoms with E-state index in [-0.39, 0.29) is 17.0 Å². The summed E-state index contributed by atoms with van der Waals surface area (Å²) < 4.78 is 9.62. The van der Waals surface area contributed by atoms with Gasteiger partial charge in [0.15, 0.2) is 0 Å². The van der Waals surface area contributed by atoms with E-state index in [2.05, 4.69) is 10.3 Å². The summed E-state index contributed by atoms with van der Waals surface area (Å²) in [4.78, 5) is 43.5. The van der Waals surface area contributed by atoms with Crippen molar-refractivity contribution < 1.29 is 23.9 Å². The van der Waals surface area contributed by atoms with Crippen molar-refractivity contribution in [3.05, 3.63) is 88.6 Å². The van der Waals surface area contributed by atoms with Crippen molar-refractivity contribution in [3.63, 3.8) is 0 Å². The maximum Gasteiger partial charge on any atom is 0.337 e. The summed E-state index contributed by atoms with van der Waals surface area (Å²) >= 11 is 0. The van der Waals surface area contributed by atoms with Gasteiger partial charge in [-0.15, -0.1) is 0 Å². The number of hydrogen-bond acceptors (Lipinski definition) is 7. The molecule has 0 spiro atoms. The van der Waals surface area contributed by atoms with E-state index in [9.17, 15) is 14.4 Å². The molecule has 1 aromatic heterocycles. The number of amides is 1. The number of carbonyl (C=O) groups excluding carboxylic acids is 3. The Bertz CT molecular complexity index is 1170. The summed E-state index contributed by atoms with van der Waals surface area (Å²) in [5.41, 5.74) is 3.06. The van der Waals surface area contributed by atoms with Gasteiger partial charge in [-0.05, 0) is 42.8 Å². The number of ether oxygens (including phenoxy) is 2. The second-order valence-electron chi connectivity index (χ2n) is 7.29. The number of rotatable bonds is 5. The molecular weight excluding hydrogens is 410 g/mol. The third-order valence-corrected chi connectivity index (χ3v) is 5.18. The molecule has 1 N–H and O–H groups in total. The van der Waals surface area contributed by atoms with Crippen LogP contribution >= 0.6 is 0 Å². The molecule has 1 aliphatic rings. The third kappa shape index (κ3) is 3.78. The molecule has 32 heavy (non-hydrogen) atoms. The lowest BCUT2D eigenvalue weighted by Crippen LogP contribution is -2.33. The summed E-state index contributed by atoms with van der Waals surface area (Å²) in [6.45, 7) is 1.92. The fourth-order valence-corrected chi connectivity index (χ4v) is 3.64. The summed E-state index contributed by atoms with van der Waals surface area (Å²) in [6, 6.07) is 15.4. The Labute approximate surface area is 184 Å². The van der Waals surface area contributed by atoms with Crippen LogP contribution in [0, 0.1) is 6.92 Å². The number of benzene rings is 2. The van der Waals surface area contributed by atoms with Gasteiger partial charge < -0.3 is 14.8 Å². The standard InChI is InChI=1S/C24H21N3O5/c1-14-8-9-20(25-13-14)27-21(18-6-4-5-7-19(18)22(27)28)26-17-11-15(23(29)31-2)10-16(12-17)24(30)32-3/h4-13,21,26H,1-3H3. The van der Waals surface area contributed by atoms with E-state index in [0.29, 0.717) is 17.1 Å². The van der Waals surface area contributed by atoms with E-state index in [0.717, 1.165) is 11.1 Å². The normalized spacial score (nSPS) is 14.7. The summed E-state index contributed by atoms with van der Waals surface area (Å²) in [7, 11) is 2.52. The van der Waals surface area contributed by atoms with Gasteiger partial charge in [0.05, 0.1) is 25.3 Å². The van der Waals surface area contributed by atoms with Crippen LogP contribution < -0.4 is 10.2 Å². The topological polar surface area (TPSA) is 97.8 Å². The van der Waals surface area contributed by atoms with E-state index in [1.807, 2.05) is 25.1 Å². The monoisotopic (exact) mass is 431 g/mol. The van der Waals surface area contributed by atoms with Crippen molar-refractivity contribution in [2.24, 2.45) is 0 Å². The van der Waals surface area contributed by atoms with Crippen molar-refractivity contribution >= 4 is 29.4 Å². The molecule has 162 valence electrons. The number of anilines is 2. The van der Waals surface area contributed by atoms with Crippen LogP contribution in [-0.2, 0) is 9.47 Å². The maximum absolute atomic E-state index is 13.2. The Morgan fingerprint density at radius 2 is 1.62 bits per heavy atom. The number of methoxy groups -OCH3 is 2. The highest BCUT2D eigenvalue weighted by Crippen LogP contribution is 2.37. The fraction of sp³-hybridized carbons (Fsp3) is 0.167. The number of aryl methyl sites for hydroxylation is 1. The van der Waals surface area contributed by atoms with Crippen molar-refractivity contribution in [1.82, 2.24) is 4.98 Å². The van der Waals surface area contributed by atoms with Crippen molar-refractivity contribution in [3.8, 4) is 0 Å². The molecule has 2 heterocycles.